The highest BCUT2D eigenvalue weighted by atomic mass is 19.1. The molecule has 1 aliphatic rings. The SMILES string of the molecule is O=C(Nc1c(F)cccc1F)N[C@@H]1CCCc2c1cnn2Cc1ccccc1. The van der Waals surface area contributed by atoms with E-state index < -0.39 is 23.4 Å². The maximum Gasteiger partial charge on any atom is 0.319 e. The largest absolute Gasteiger partial charge is 0.331 e. The Morgan fingerprint density at radius 2 is 1.86 bits per heavy atom. The van der Waals surface area contributed by atoms with Crippen LogP contribution >= 0.6 is 0 Å². The van der Waals surface area contributed by atoms with Crippen molar-refractivity contribution in [2.24, 2.45) is 0 Å². The number of rotatable bonds is 4. The molecule has 144 valence electrons. The lowest BCUT2D eigenvalue weighted by Crippen LogP contribution is -2.34. The number of amides is 2. The molecule has 0 aliphatic heterocycles. The lowest BCUT2D eigenvalue weighted by Gasteiger charge is -2.24. The fourth-order valence-corrected chi connectivity index (χ4v) is 3.59. The van der Waals surface area contributed by atoms with E-state index in [-0.39, 0.29) is 6.04 Å². The molecule has 3 aromatic rings. The molecule has 0 spiro atoms. The van der Waals surface area contributed by atoms with Gasteiger partial charge in [0.2, 0.25) is 0 Å². The first-order chi connectivity index (χ1) is 13.6. The van der Waals surface area contributed by atoms with E-state index in [9.17, 15) is 13.6 Å². The molecule has 4 rings (SSSR count). The van der Waals surface area contributed by atoms with Gasteiger partial charge in [-0.05, 0) is 37.0 Å². The van der Waals surface area contributed by atoms with E-state index in [1.165, 1.54) is 6.07 Å². The Balaban J connectivity index is 1.48. The number of fused-ring (bicyclic) bond motifs is 1. The van der Waals surface area contributed by atoms with Crippen molar-refractivity contribution in [2.75, 3.05) is 5.32 Å². The van der Waals surface area contributed by atoms with E-state index >= 15 is 0 Å². The molecule has 1 atom stereocenters. The van der Waals surface area contributed by atoms with Crippen LogP contribution in [0.15, 0.2) is 54.7 Å². The molecule has 0 unspecified atom stereocenters. The molecule has 2 aromatic carbocycles. The third kappa shape index (κ3) is 3.74. The summed E-state index contributed by atoms with van der Waals surface area (Å²) in [4.78, 5) is 12.3. The zero-order valence-electron chi connectivity index (χ0n) is 15.2. The molecule has 1 aliphatic carbocycles. The van der Waals surface area contributed by atoms with E-state index in [1.807, 2.05) is 35.0 Å². The highest BCUT2D eigenvalue weighted by molar-refractivity contribution is 5.89. The second-order valence-electron chi connectivity index (χ2n) is 6.83. The number of halogens is 2. The van der Waals surface area contributed by atoms with Crippen LogP contribution < -0.4 is 10.6 Å². The monoisotopic (exact) mass is 382 g/mol. The number of benzene rings is 2. The van der Waals surface area contributed by atoms with Crippen LogP contribution in [-0.4, -0.2) is 15.8 Å². The van der Waals surface area contributed by atoms with Gasteiger partial charge in [0.15, 0.2) is 0 Å². The van der Waals surface area contributed by atoms with Crippen LogP contribution in [0.1, 0.15) is 35.7 Å². The molecule has 2 N–H and O–H groups in total. The van der Waals surface area contributed by atoms with Crippen LogP contribution in [0, 0.1) is 11.6 Å². The van der Waals surface area contributed by atoms with Crippen LogP contribution in [0.25, 0.3) is 0 Å². The van der Waals surface area contributed by atoms with Crippen molar-refractivity contribution < 1.29 is 13.6 Å². The summed E-state index contributed by atoms with van der Waals surface area (Å²) in [5.74, 6) is -1.62. The predicted molar refractivity (Wildman–Crippen MR) is 102 cm³/mol. The third-order valence-corrected chi connectivity index (χ3v) is 4.94. The topological polar surface area (TPSA) is 59.0 Å². The fourth-order valence-electron chi connectivity index (χ4n) is 3.59. The lowest BCUT2D eigenvalue weighted by molar-refractivity contribution is 0.246. The summed E-state index contributed by atoms with van der Waals surface area (Å²) in [7, 11) is 0. The minimum atomic E-state index is -0.810. The van der Waals surface area contributed by atoms with E-state index in [0.29, 0.717) is 6.54 Å². The van der Waals surface area contributed by atoms with Gasteiger partial charge in [0, 0.05) is 11.3 Å². The number of para-hydroxylation sites is 1. The van der Waals surface area contributed by atoms with Gasteiger partial charge < -0.3 is 10.6 Å². The summed E-state index contributed by atoms with van der Waals surface area (Å²) in [5.41, 5.74) is 2.73. The van der Waals surface area contributed by atoms with Gasteiger partial charge in [-0.15, -0.1) is 0 Å². The van der Waals surface area contributed by atoms with Gasteiger partial charge in [-0.25, -0.2) is 13.6 Å². The minimum absolute atomic E-state index is 0.247. The van der Waals surface area contributed by atoms with Gasteiger partial charge in [-0.1, -0.05) is 36.4 Å². The van der Waals surface area contributed by atoms with E-state index in [1.54, 1.807) is 6.20 Å². The quantitative estimate of drug-likeness (QED) is 0.702. The number of nitrogens with one attached hydrogen (secondary N) is 2. The van der Waals surface area contributed by atoms with Crippen LogP contribution in [0.2, 0.25) is 0 Å². The standard InChI is InChI=1S/C21H20F2N4O/c22-16-8-4-9-17(23)20(16)26-21(28)25-18-10-5-11-19-15(18)12-24-27(19)13-14-6-2-1-3-7-14/h1-4,6-9,12,18H,5,10-11,13H2,(H2,25,26,28)/t18-/m1/s1. The van der Waals surface area contributed by atoms with Gasteiger partial charge in [0.1, 0.15) is 17.3 Å². The van der Waals surface area contributed by atoms with E-state index in [2.05, 4.69) is 15.7 Å². The average Bonchev–Trinajstić information content (AvgIpc) is 3.10. The second kappa shape index (κ2) is 7.80. The summed E-state index contributed by atoms with van der Waals surface area (Å²) in [6, 6.07) is 12.6. The van der Waals surface area contributed by atoms with Crippen molar-refractivity contribution in [1.82, 2.24) is 15.1 Å². The number of nitrogens with zero attached hydrogens (tertiary/aromatic N) is 2. The number of anilines is 1. The molecule has 0 saturated heterocycles. The smallest absolute Gasteiger partial charge is 0.319 e. The van der Waals surface area contributed by atoms with Crippen molar-refractivity contribution in [1.29, 1.82) is 0 Å². The Kier molecular flexibility index (Phi) is 5.06. The zero-order chi connectivity index (χ0) is 19.5. The number of hydrogen-bond donors (Lipinski definition) is 2. The van der Waals surface area contributed by atoms with Crippen LogP contribution in [0.3, 0.4) is 0 Å². The van der Waals surface area contributed by atoms with E-state index in [0.717, 1.165) is 48.2 Å². The third-order valence-electron chi connectivity index (χ3n) is 4.94. The number of carbonyl (C=O) groups is 1. The molecular formula is C21H20F2N4O. The van der Waals surface area contributed by atoms with Crippen LogP contribution in [0.4, 0.5) is 19.3 Å². The van der Waals surface area contributed by atoms with Crippen LogP contribution in [-0.2, 0) is 13.0 Å². The van der Waals surface area contributed by atoms with Crippen molar-refractivity contribution in [3.8, 4) is 0 Å². The minimum Gasteiger partial charge on any atom is -0.331 e. The van der Waals surface area contributed by atoms with Crippen molar-refractivity contribution in [3.63, 3.8) is 0 Å². The molecule has 7 heteroatoms. The van der Waals surface area contributed by atoms with Crippen LogP contribution in [0.5, 0.6) is 0 Å². The Labute approximate surface area is 161 Å². The molecule has 2 amide bonds. The lowest BCUT2D eigenvalue weighted by atomic mass is 9.93. The number of aromatic nitrogens is 2. The maximum atomic E-state index is 13.7. The molecule has 0 fully saturated rings. The second-order valence-corrected chi connectivity index (χ2v) is 6.83. The molecule has 0 bridgehead atoms. The first-order valence-electron chi connectivity index (χ1n) is 9.22. The Morgan fingerprint density at radius 1 is 1.11 bits per heavy atom. The van der Waals surface area contributed by atoms with Gasteiger partial charge in [-0.2, -0.15) is 5.10 Å². The summed E-state index contributed by atoms with van der Waals surface area (Å²) in [5, 5.41) is 9.58. The number of carbonyl (C=O) groups excluding carboxylic acids is 1. The summed E-state index contributed by atoms with van der Waals surface area (Å²) in [6.45, 7) is 0.662. The molecular weight excluding hydrogens is 362 g/mol. The molecule has 5 nitrogen and oxygen atoms in total. The predicted octanol–water partition coefficient (Wildman–Crippen LogP) is 4.41. The van der Waals surface area contributed by atoms with Crippen molar-refractivity contribution >= 4 is 11.7 Å². The molecule has 1 aromatic heterocycles. The number of hydrogen-bond acceptors (Lipinski definition) is 2. The van der Waals surface area contributed by atoms with E-state index in [4.69, 9.17) is 0 Å². The number of urea groups is 1. The van der Waals surface area contributed by atoms with Gasteiger partial charge in [0.05, 0.1) is 18.8 Å². The fraction of sp³-hybridized carbons (Fsp3) is 0.238. The summed E-state index contributed by atoms with van der Waals surface area (Å²) < 4.78 is 29.4. The molecule has 0 saturated carbocycles. The maximum absolute atomic E-state index is 13.7. The first kappa shape index (κ1) is 18.2. The highest BCUT2D eigenvalue weighted by Gasteiger charge is 2.26. The molecule has 1 heterocycles. The molecule has 28 heavy (non-hydrogen) atoms. The summed E-state index contributed by atoms with van der Waals surface area (Å²) in [6.07, 6.45) is 4.29. The first-order valence-corrected chi connectivity index (χ1v) is 9.22. The van der Waals surface area contributed by atoms with Gasteiger partial charge >= 0.3 is 6.03 Å². The molecule has 0 radical (unpaired) electrons. The average molecular weight is 382 g/mol. The van der Waals surface area contributed by atoms with Gasteiger partial charge in [0.25, 0.3) is 0 Å². The Hall–Kier alpha value is -3.22. The zero-order valence-corrected chi connectivity index (χ0v) is 15.2. The van der Waals surface area contributed by atoms with Crippen molar-refractivity contribution in [3.05, 3.63) is 83.2 Å². The normalized spacial score (nSPS) is 15.7. The van der Waals surface area contributed by atoms with Crippen molar-refractivity contribution in [2.45, 2.75) is 31.8 Å². The highest BCUT2D eigenvalue weighted by Crippen LogP contribution is 2.30. The van der Waals surface area contributed by atoms with Gasteiger partial charge in [-0.3, -0.25) is 4.68 Å². The Morgan fingerprint density at radius 3 is 2.61 bits per heavy atom. The Bertz CT molecular complexity index is 967. The summed E-state index contributed by atoms with van der Waals surface area (Å²) >= 11 is 0.